The minimum Gasteiger partial charge on any atom is -0.309 e. The highest BCUT2D eigenvalue weighted by Crippen LogP contribution is 2.34. The third-order valence-electron chi connectivity index (χ3n) is 3.89. The molecule has 1 unspecified atom stereocenters. The summed E-state index contributed by atoms with van der Waals surface area (Å²) in [6, 6.07) is 18.2. The Morgan fingerprint density at radius 1 is 0.864 bits per heavy atom. The zero-order chi connectivity index (χ0) is 15.9. The molecule has 0 bridgehead atoms. The number of likely N-dealkylation sites (N-methyl/N-ethyl adjacent to an activating group) is 1. The first-order valence-electron chi connectivity index (χ1n) is 7.85. The lowest BCUT2D eigenvalue weighted by atomic mass is 10.1. The van der Waals surface area contributed by atoms with Crippen molar-refractivity contribution < 1.29 is 0 Å². The maximum Gasteiger partial charge on any atom is 0.0186 e. The van der Waals surface area contributed by atoms with E-state index in [4.69, 9.17) is 0 Å². The van der Waals surface area contributed by atoms with Crippen molar-refractivity contribution in [3.8, 4) is 0 Å². The number of rotatable bonds is 7. The molecule has 0 aromatic heterocycles. The van der Waals surface area contributed by atoms with E-state index < -0.39 is 0 Å². The quantitative estimate of drug-likeness (QED) is 0.598. The number of hydrogen-bond donors (Lipinski definition) is 1. The lowest BCUT2D eigenvalue weighted by Gasteiger charge is -2.17. The molecule has 0 aliphatic rings. The van der Waals surface area contributed by atoms with Crippen molar-refractivity contribution in [2.75, 3.05) is 26.1 Å². The summed E-state index contributed by atoms with van der Waals surface area (Å²) in [7, 11) is 3.89. The molecular formula is C19H26NPS. The van der Waals surface area contributed by atoms with E-state index >= 15 is 0 Å². The number of thiol groups is 1. The summed E-state index contributed by atoms with van der Waals surface area (Å²) in [6.45, 7) is 3.29. The maximum absolute atomic E-state index is 4.60. The van der Waals surface area contributed by atoms with Gasteiger partial charge in [-0.25, -0.2) is 0 Å². The van der Waals surface area contributed by atoms with E-state index in [9.17, 15) is 0 Å². The predicted octanol–water partition coefficient (Wildman–Crippen LogP) is 3.67. The molecular weight excluding hydrogens is 305 g/mol. The van der Waals surface area contributed by atoms with Crippen molar-refractivity contribution >= 4 is 31.2 Å². The molecule has 2 aromatic carbocycles. The second kappa shape index (κ2) is 8.72. The Balaban J connectivity index is 2.12. The third kappa shape index (κ3) is 4.84. The van der Waals surface area contributed by atoms with Gasteiger partial charge in [-0.1, -0.05) is 55.5 Å². The van der Waals surface area contributed by atoms with Gasteiger partial charge in [0.15, 0.2) is 0 Å². The SMILES string of the molecule is CCc1ccc(P(CS)c2ccc(CCN(C)C)cc2)cc1. The largest absolute Gasteiger partial charge is 0.309 e. The summed E-state index contributed by atoms with van der Waals surface area (Å²) in [5, 5.41) is 2.84. The molecule has 0 saturated heterocycles. The van der Waals surface area contributed by atoms with Gasteiger partial charge in [-0.3, -0.25) is 0 Å². The second-order valence-electron chi connectivity index (χ2n) is 5.81. The lowest BCUT2D eigenvalue weighted by Crippen LogP contribution is -2.16. The van der Waals surface area contributed by atoms with E-state index in [2.05, 4.69) is 87.1 Å². The molecule has 2 aromatic rings. The van der Waals surface area contributed by atoms with Crippen LogP contribution in [0.15, 0.2) is 48.5 Å². The molecule has 2 rings (SSSR count). The highest BCUT2D eigenvalue weighted by atomic mass is 32.1. The summed E-state index contributed by atoms with van der Waals surface area (Å²) in [6.07, 6.45) is 2.21. The molecule has 0 amide bonds. The fraction of sp³-hybridized carbons (Fsp3) is 0.368. The Kier molecular flexibility index (Phi) is 6.95. The Bertz CT molecular complexity index is 563. The molecule has 1 nitrogen and oxygen atoms in total. The van der Waals surface area contributed by atoms with Crippen molar-refractivity contribution in [1.29, 1.82) is 0 Å². The van der Waals surface area contributed by atoms with Crippen LogP contribution in [0.1, 0.15) is 18.1 Å². The van der Waals surface area contributed by atoms with Crippen LogP contribution in [0.2, 0.25) is 0 Å². The van der Waals surface area contributed by atoms with Gasteiger partial charge in [0.1, 0.15) is 0 Å². The van der Waals surface area contributed by atoms with E-state index in [1.807, 2.05) is 0 Å². The Labute approximate surface area is 141 Å². The molecule has 0 N–H and O–H groups in total. The molecule has 0 saturated carbocycles. The van der Waals surface area contributed by atoms with Gasteiger partial charge >= 0.3 is 0 Å². The molecule has 0 aliphatic heterocycles. The smallest absolute Gasteiger partial charge is 0.0186 e. The Hall–Kier alpha value is -0.820. The van der Waals surface area contributed by atoms with Crippen LogP contribution in [0.3, 0.4) is 0 Å². The summed E-state index contributed by atoms with van der Waals surface area (Å²) < 4.78 is 0. The number of nitrogens with zero attached hydrogens (tertiary/aromatic N) is 1. The second-order valence-corrected chi connectivity index (χ2v) is 8.83. The number of benzene rings is 2. The zero-order valence-electron chi connectivity index (χ0n) is 13.8. The van der Waals surface area contributed by atoms with Crippen LogP contribution >= 0.6 is 20.6 Å². The summed E-state index contributed by atoms with van der Waals surface area (Å²) in [5.74, 6) is 0. The van der Waals surface area contributed by atoms with E-state index in [-0.39, 0.29) is 7.92 Å². The van der Waals surface area contributed by atoms with E-state index in [1.165, 1.54) is 21.7 Å². The fourth-order valence-electron chi connectivity index (χ4n) is 2.42. The van der Waals surface area contributed by atoms with E-state index in [0.29, 0.717) is 0 Å². The van der Waals surface area contributed by atoms with Crippen molar-refractivity contribution in [2.24, 2.45) is 0 Å². The standard InChI is InChI=1S/C19H26NPS/c1-4-16-5-9-18(10-6-16)21(15-22)19-11-7-17(8-12-19)13-14-20(2)3/h5-12,22H,4,13-15H2,1-3H3. The molecule has 0 heterocycles. The summed E-state index contributed by atoms with van der Waals surface area (Å²) >= 11 is 4.60. The van der Waals surface area contributed by atoms with Gasteiger partial charge in [0.25, 0.3) is 0 Å². The van der Waals surface area contributed by atoms with Gasteiger partial charge in [0.2, 0.25) is 0 Å². The van der Waals surface area contributed by atoms with Crippen LogP contribution in [0, 0.1) is 0 Å². The van der Waals surface area contributed by atoms with Gasteiger partial charge in [-0.05, 0) is 56.6 Å². The minimum absolute atomic E-state index is 0.346. The average Bonchev–Trinajstić information content (AvgIpc) is 2.55. The fourth-order valence-corrected chi connectivity index (χ4v) is 5.04. The minimum atomic E-state index is -0.346. The van der Waals surface area contributed by atoms with Gasteiger partial charge < -0.3 is 4.90 Å². The van der Waals surface area contributed by atoms with Gasteiger partial charge in [-0.15, -0.1) is 0 Å². The van der Waals surface area contributed by atoms with Gasteiger partial charge in [-0.2, -0.15) is 12.6 Å². The molecule has 1 atom stereocenters. The van der Waals surface area contributed by atoms with Crippen LogP contribution in [-0.2, 0) is 12.8 Å². The monoisotopic (exact) mass is 331 g/mol. The van der Waals surface area contributed by atoms with Crippen molar-refractivity contribution in [2.45, 2.75) is 19.8 Å². The Morgan fingerprint density at radius 2 is 1.36 bits per heavy atom. The molecule has 22 heavy (non-hydrogen) atoms. The lowest BCUT2D eigenvalue weighted by molar-refractivity contribution is 0.413. The van der Waals surface area contributed by atoms with Crippen molar-refractivity contribution in [1.82, 2.24) is 4.90 Å². The topological polar surface area (TPSA) is 3.24 Å². The van der Waals surface area contributed by atoms with Crippen LogP contribution in [-0.4, -0.2) is 31.0 Å². The third-order valence-corrected chi connectivity index (χ3v) is 6.87. The van der Waals surface area contributed by atoms with Crippen LogP contribution < -0.4 is 10.6 Å². The first kappa shape index (κ1) is 17.5. The highest BCUT2D eigenvalue weighted by Gasteiger charge is 2.12. The normalized spacial score (nSPS) is 12.6. The van der Waals surface area contributed by atoms with Gasteiger partial charge in [0.05, 0.1) is 0 Å². The highest BCUT2D eigenvalue weighted by molar-refractivity contribution is 7.93. The Morgan fingerprint density at radius 3 is 1.77 bits per heavy atom. The summed E-state index contributed by atoms with van der Waals surface area (Å²) in [4.78, 5) is 2.23. The zero-order valence-corrected chi connectivity index (χ0v) is 15.6. The average molecular weight is 331 g/mol. The van der Waals surface area contributed by atoms with Crippen molar-refractivity contribution in [3.63, 3.8) is 0 Å². The van der Waals surface area contributed by atoms with Crippen molar-refractivity contribution in [3.05, 3.63) is 59.7 Å². The van der Waals surface area contributed by atoms with E-state index in [0.717, 1.165) is 24.9 Å². The molecule has 0 spiro atoms. The van der Waals surface area contributed by atoms with E-state index in [1.54, 1.807) is 0 Å². The van der Waals surface area contributed by atoms with Crippen LogP contribution in [0.25, 0.3) is 0 Å². The number of aryl methyl sites for hydroxylation is 1. The summed E-state index contributed by atoms with van der Waals surface area (Å²) in [5.41, 5.74) is 3.71. The molecule has 118 valence electrons. The first-order chi connectivity index (χ1) is 10.6. The molecule has 0 radical (unpaired) electrons. The molecule has 3 heteroatoms. The van der Waals surface area contributed by atoms with Crippen LogP contribution in [0.5, 0.6) is 0 Å². The van der Waals surface area contributed by atoms with Crippen LogP contribution in [0.4, 0.5) is 0 Å². The first-order valence-corrected chi connectivity index (χ1v) is 10.0. The molecule has 0 aliphatic carbocycles. The maximum atomic E-state index is 4.60. The number of hydrogen-bond acceptors (Lipinski definition) is 2. The predicted molar refractivity (Wildman–Crippen MR) is 105 cm³/mol. The van der Waals surface area contributed by atoms with Gasteiger partial charge in [0, 0.05) is 12.0 Å². The molecule has 0 fully saturated rings.